The summed E-state index contributed by atoms with van der Waals surface area (Å²) in [5, 5.41) is 2.68. The number of nitrogens with zero attached hydrogens (tertiary/aromatic N) is 1. The van der Waals surface area contributed by atoms with Crippen LogP contribution >= 0.6 is 31.9 Å². The number of carbonyl (C=O) groups excluding carboxylic acids is 1. The van der Waals surface area contributed by atoms with Crippen LogP contribution in [0, 0.1) is 0 Å². The summed E-state index contributed by atoms with van der Waals surface area (Å²) in [4.78, 5) is 15.9. The van der Waals surface area contributed by atoms with Crippen LogP contribution in [-0.4, -0.2) is 18.0 Å². The monoisotopic (exact) mass is 410 g/mol. The van der Waals surface area contributed by atoms with Gasteiger partial charge in [0.15, 0.2) is 0 Å². The summed E-state index contributed by atoms with van der Waals surface area (Å²) in [6, 6.07) is 9.07. The van der Waals surface area contributed by atoms with Crippen LogP contribution in [0.2, 0.25) is 0 Å². The standard InChI is InChI=1S/C15H12Br2N2O2/c1-21-15-10(8-11(16)9-12(15)17)5-6-14(20)19-13-4-2-3-7-18-13/h2-9H,1H3,(H,18,19,20). The molecule has 21 heavy (non-hydrogen) atoms. The number of amides is 1. The maximum Gasteiger partial charge on any atom is 0.249 e. The van der Waals surface area contributed by atoms with Gasteiger partial charge in [-0.25, -0.2) is 4.98 Å². The maximum atomic E-state index is 11.9. The van der Waals surface area contributed by atoms with Crippen molar-refractivity contribution in [3.8, 4) is 5.75 Å². The van der Waals surface area contributed by atoms with Gasteiger partial charge in [-0.05, 0) is 46.3 Å². The van der Waals surface area contributed by atoms with E-state index >= 15 is 0 Å². The number of benzene rings is 1. The lowest BCUT2D eigenvalue weighted by atomic mass is 10.2. The SMILES string of the molecule is COc1c(Br)cc(Br)cc1C=CC(=O)Nc1ccccn1. The molecule has 0 fully saturated rings. The van der Waals surface area contributed by atoms with Gasteiger partial charge in [0.1, 0.15) is 11.6 Å². The largest absolute Gasteiger partial charge is 0.495 e. The van der Waals surface area contributed by atoms with Crippen molar-refractivity contribution in [2.24, 2.45) is 0 Å². The lowest BCUT2D eigenvalue weighted by Crippen LogP contribution is -2.08. The van der Waals surface area contributed by atoms with Gasteiger partial charge < -0.3 is 10.1 Å². The Bertz CT molecular complexity index is 673. The predicted octanol–water partition coefficient (Wildman–Crippen LogP) is 4.27. The molecule has 0 saturated heterocycles. The summed E-state index contributed by atoms with van der Waals surface area (Å²) < 4.78 is 7.02. The van der Waals surface area contributed by atoms with Gasteiger partial charge >= 0.3 is 0 Å². The van der Waals surface area contributed by atoms with Crippen molar-refractivity contribution in [3.63, 3.8) is 0 Å². The highest BCUT2D eigenvalue weighted by Crippen LogP contribution is 2.33. The van der Waals surface area contributed by atoms with E-state index in [2.05, 4.69) is 42.2 Å². The molecule has 2 aromatic rings. The lowest BCUT2D eigenvalue weighted by molar-refractivity contribution is -0.111. The van der Waals surface area contributed by atoms with Crippen LogP contribution in [0.3, 0.4) is 0 Å². The second-order valence-electron chi connectivity index (χ2n) is 4.05. The number of rotatable bonds is 4. The highest BCUT2D eigenvalue weighted by molar-refractivity contribution is 9.11. The van der Waals surface area contributed by atoms with Crippen LogP contribution < -0.4 is 10.1 Å². The molecule has 6 heteroatoms. The van der Waals surface area contributed by atoms with E-state index in [0.717, 1.165) is 14.5 Å². The Balaban J connectivity index is 2.16. The highest BCUT2D eigenvalue weighted by Gasteiger charge is 2.07. The molecular formula is C15H12Br2N2O2. The molecule has 108 valence electrons. The first-order valence-corrected chi connectivity index (χ1v) is 7.62. The predicted molar refractivity (Wildman–Crippen MR) is 90.3 cm³/mol. The van der Waals surface area contributed by atoms with Crippen LogP contribution in [0.15, 0.2) is 51.6 Å². The molecule has 0 unspecified atom stereocenters. The summed E-state index contributed by atoms with van der Waals surface area (Å²) in [7, 11) is 1.58. The number of methoxy groups -OCH3 is 1. The summed E-state index contributed by atoms with van der Waals surface area (Å²) in [6.45, 7) is 0. The van der Waals surface area contributed by atoms with Gasteiger partial charge in [0, 0.05) is 22.3 Å². The average Bonchev–Trinajstić information content (AvgIpc) is 2.45. The normalized spacial score (nSPS) is 10.6. The molecule has 1 aromatic heterocycles. The van der Waals surface area contributed by atoms with E-state index in [1.54, 1.807) is 37.6 Å². The minimum Gasteiger partial charge on any atom is -0.495 e. The van der Waals surface area contributed by atoms with Crippen molar-refractivity contribution in [3.05, 3.63) is 57.1 Å². The second kappa shape index (κ2) is 7.38. The first-order valence-electron chi connectivity index (χ1n) is 6.03. The average molecular weight is 412 g/mol. The lowest BCUT2D eigenvalue weighted by Gasteiger charge is -2.08. The molecule has 1 heterocycles. The van der Waals surface area contributed by atoms with E-state index in [1.807, 2.05) is 12.1 Å². The number of halogens is 2. The fourth-order valence-electron chi connectivity index (χ4n) is 1.69. The van der Waals surface area contributed by atoms with Gasteiger partial charge in [-0.2, -0.15) is 0 Å². The second-order valence-corrected chi connectivity index (χ2v) is 5.82. The Morgan fingerprint density at radius 2 is 2.14 bits per heavy atom. The van der Waals surface area contributed by atoms with Crippen LogP contribution in [0.4, 0.5) is 5.82 Å². The number of anilines is 1. The quantitative estimate of drug-likeness (QED) is 0.764. The molecule has 0 aliphatic carbocycles. The number of carbonyl (C=O) groups is 1. The zero-order valence-electron chi connectivity index (χ0n) is 11.1. The Morgan fingerprint density at radius 3 is 2.81 bits per heavy atom. The molecule has 0 atom stereocenters. The summed E-state index contributed by atoms with van der Waals surface area (Å²) in [6.07, 6.45) is 4.74. The fourth-order valence-corrected chi connectivity index (χ4v) is 3.11. The molecule has 1 aromatic carbocycles. The third-order valence-electron chi connectivity index (χ3n) is 2.57. The minimum atomic E-state index is -0.258. The highest BCUT2D eigenvalue weighted by atomic mass is 79.9. The van der Waals surface area contributed by atoms with Gasteiger partial charge in [-0.15, -0.1) is 0 Å². The molecule has 2 rings (SSSR count). The molecule has 4 nitrogen and oxygen atoms in total. The fraction of sp³-hybridized carbons (Fsp3) is 0.0667. The van der Waals surface area contributed by atoms with Crippen LogP contribution in [0.25, 0.3) is 6.08 Å². The maximum absolute atomic E-state index is 11.9. The first kappa shape index (κ1) is 15.7. The van der Waals surface area contributed by atoms with E-state index in [1.165, 1.54) is 6.08 Å². The molecule has 0 radical (unpaired) electrons. The Hall–Kier alpha value is -1.66. The third kappa shape index (κ3) is 4.41. The summed E-state index contributed by atoms with van der Waals surface area (Å²) in [5.41, 5.74) is 0.787. The molecule has 0 bridgehead atoms. The van der Waals surface area contributed by atoms with Gasteiger partial charge in [0.25, 0.3) is 0 Å². The van der Waals surface area contributed by atoms with Crippen LogP contribution in [-0.2, 0) is 4.79 Å². The summed E-state index contributed by atoms with van der Waals surface area (Å²) in [5.74, 6) is 0.918. The molecular weight excluding hydrogens is 400 g/mol. The molecule has 0 saturated carbocycles. The number of nitrogens with one attached hydrogen (secondary N) is 1. The Kier molecular flexibility index (Phi) is 5.52. The smallest absolute Gasteiger partial charge is 0.249 e. The van der Waals surface area contributed by atoms with E-state index in [4.69, 9.17) is 4.74 Å². The van der Waals surface area contributed by atoms with Crippen molar-refractivity contribution in [1.29, 1.82) is 0 Å². The number of ether oxygens (including phenoxy) is 1. The van der Waals surface area contributed by atoms with Gasteiger partial charge in [0.05, 0.1) is 11.6 Å². The van der Waals surface area contributed by atoms with Crippen LogP contribution in [0.1, 0.15) is 5.56 Å². The summed E-state index contributed by atoms with van der Waals surface area (Å²) >= 11 is 6.83. The van der Waals surface area contributed by atoms with Gasteiger partial charge in [-0.1, -0.05) is 22.0 Å². The van der Waals surface area contributed by atoms with Crippen molar-refractivity contribution >= 4 is 49.7 Å². The van der Waals surface area contributed by atoms with E-state index in [0.29, 0.717) is 11.6 Å². The molecule has 0 spiro atoms. The Labute approximate surface area is 139 Å². The minimum absolute atomic E-state index is 0.258. The number of pyridine rings is 1. The molecule has 0 aliphatic heterocycles. The topological polar surface area (TPSA) is 51.2 Å². The van der Waals surface area contributed by atoms with E-state index in [-0.39, 0.29) is 5.91 Å². The number of hydrogen-bond acceptors (Lipinski definition) is 3. The number of hydrogen-bond donors (Lipinski definition) is 1. The van der Waals surface area contributed by atoms with E-state index in [9.17, 15) is 4.79 Å². The van der Waals surface area contributed by atoms with Crippen LogP contribution in [0.5, 0.6) is 5.75 Å². The van der Waals surface area contributed by atoms with Crippen molar-refractivity contribution in [1.82, 2.24) is 4.98 Å². The third-order valence-corrected chi connectivity index (χ3v) is 3.62. The van der Waals surface area contributed by atoms with Crippen molar-refractivity contribution in [2.45, 2.75) is 0 Å². The molecule has 1 N–H and O–H groups in total. The van der Waals surface area contributed by atoms with Gasteiger partial charge in [0.2, 0.25) is 5.91 Å². The van der Waals surface area contributed by atoms with Gasteiger partial charge in [-0.3, -0.25) is 4.79 Å². The molecule has 0 aliphatic rings. The zero-order valence-corrected chi connectivity index (χ0v) is 14.3. The molecule has 1 amide bonds. The van der Waals surface area contributed by atoms with Crippen molar-refractivity contribution < 1.29 is 9.53 Å². The zero-order chi connectivity index (χ0) is 15.2. The first-order chi connectivity index (χ1) is 10.1. The van der Waals surface area contributed by atoms with E-state index < -0.39 is 0 Å². The number of aromatic nitrogens is 1. The van der Waals surface area contributed by atoms with Crippen molar-refractivity contribution in [2.75, 3.05) is 12.4 Å². The Morgan fingerprint density at radius 1 is 1.33 bits per heavy atom.